The van der Waals surface area contributed by atoms with Gasteiger partial charge in [0.2, 0.25) is 11.7 Å². The normalized spacial score (nSPS) is 15.7. The van der Waals surface area contributed by atoms with Gasteiger partial charge in [0.15, 0.2) is 11.6 Å². The summed E-state index contributed by atoms with van der Waals surface area (Å²) in [6, 6.07) is 0.250. The first-order chi connectivity index (χ1) is 10.2. The van der Waals surface area contributed by atoms with Gasteiger partial charge in [-0.25, -0.2) is 9.97 Å². The Hall–Kier alpha value is -2.05. The fourth-order valence-electron chi connectivity index (χ4n) is 2.59. The number of aromatic nitrogens is 2. The molecule has 7 nitrogen and oxygen atoms in total. The molecule has 0 bridgehead atoms. The van der Waals surface area contributed by atoms with Crippen LogP contribution in [-0.4, -0.2) is 48.7 Å². The molecule has 1 aromatic heterocycles. The van der Waals surface area contributed by atoms with Crippen molar-refractivity contribution in [3.8, 4) is 5.75 Å². The summed E-state index contributed by atoms with van der Waals surface area (Å²) in [5.41, 5.74) is 0. The standard InChI is InChI=1S/C14H23N5O2/c1-4-15-13-12(21-3)14(17-9-16-13)19-7-5-11(6-8-19)18-10(2)20/h9,11H,4-8H2,1-3H3,(H,18,20)(H,15,16,17). The van der Waals surface area contributed by atoms with Crippen molar-refractivity contribution < 1.29 is 9.53 Å². The van der Waals surface area contributed by atoms with Crippen molar-refractivity contribution >= 4 is 17.5 Å². The smallest absolute Gasteiger partial charge is 0.217 e. The van der Waals surface area contributed by atoms with Gasteiger partial charge in [-0.3, -0.25) is 4.79 Å². The Morgan fingerprint density at radius 1 is 1.43 bits per heavy atom. The summed E-state index contributed by atoms with van der Waals surface area (Å²) in [4.78, 5) is 21.9. The van der Waals surface area contributed by atoms with Crippen molar-refractivity contribution in [1.29, 1.82) is 0 Å². The number of hydrogen-bond acceptors (Lipinski definition) is 6. The number of hydrogen-bond donors (Lipinski definition) is 2. The molecule has 0 atom stereocenters. The van der Waals surface area contributed by atoms with E-state index in [1.165, 1.54) is 0 Å². The third-order valence-electron chi connectivity index (χ3n) is 3.54. The van der Waals surface area contributed by atoms with Crippen LogP contribution in [0.4, 0.5) is 11.6 Å². The zero-order valence-electron chi connectivity index (χ0n) is 12.8. The first kappa shape index (κ1) is 15.3. The van der Waals surface area contributed by atoms with Crippen molar-refractivity contribution in [2.75, 3.05) is 37.0 Å². The van der Waals surface area contributed by atoms with E-state index in [1.807, 2.05) is 6.92 Å². The lowest BCUT2D eigenvalue weighted by atomic mass is 10.0. The maximum atomic E-state index is 11.1. The number of rotatable bonds is 5. The number of piperidine rings is 1. The summed E-state index contributed by atoms with van der Waals surface area (Å²) in [7, 11) is 1.63. The van der Waals surface area contributed by atoms with Crippen LogP contribution < -0.4 is 20.3 Å². The van der Waals surface area contributed by atoms with Crippen molar-refractivity contribution in [3.63, 3.8) is 0 Å². The fourth-order valence-corrected chi connectivity index (χ4v) is 2.59. The number of carbonyl (C=O) groups excluding carboxylic acids is 1. The Balaban J connectivity index is 2.09. The van der Waals surface area contributed by atoms with Crippen LogP contribution in [0, 0.1) is 0 Å². The van der Waals surface area contributed by atoms with Crippen LogP contribution in [0.2, 0.25) is 0 Å². The highest BCUT2D eigenvalue weighted by Crippen LogP contribution is 2.33. The summed E-state index contributed by atoms with van der Waals surface area (Å²) in [5.74, 6) is 2.23. The Kier molecular flexibility index (Phi) is 5.19. The van der Waals surface area contributed by atoms with Crippen LogP contribution in [0.25, 0.3) is 0 Å². The van der Waals surface area contributed by atoms with Crippen LogP contribution in [0.15, 0.2) is 6.33 Å². The molecular formula is C14H23N5O2. The fraction of sp³-hybridized carbons (Fsp3) is 0.643. The summed E-state index contributed by atoms with van der Waals surface area (Å²) in [5, 5.41) is 6.15. The van der Waals surface area contributed by atoms with E-state index in [2.05, 4.69) is 25.5 Å². The van der Waals surface area contributed by atoms with Crippen molar-refractivity contribution in [2.24, 2.45) is 0 Å². The topological polar surface area (TPSA) is 79.4 Å². The van der Waals surface area contributed by atoms with Gasteiger partial charge >= 0.3 is 0 Å². The number of ether oxygens (including phenoxy) is 1. The zero-order chi connectivity index (χ0) is 15.2. The summed E-state index contributed by atoms with van der Waals surface area (Å²) < 4.78 is 5.47. The molecule has 2 heterocycles. The predicted octanol–water partition coefficient (Wildman–Crippen LogP) is 1.02. The first-order valence-corrected chi connectivity index (χ1v) is 7.30. The number of carbonyl (C=O) groups is 1. The van der Waals surface area contributed by atoms with E-state index in [0.717, 1.165) is 38.3 Å². The molecule has 7 heteroatoms. The van der Waals surface area contributed by atoms with Crippen LogP contribution >= 0.6 is 0 Å². The molecule has 0 unspecified atom stereocenters. The SMILES string of the molecule is CCNc1ncnc(N2CCC(NC(C)=O)CC2)c1OC. The molecule has 1 aromatic rings. The van der Waals surface area contributed by atoms with E-state index in [1.54, 1.807) is 20.4 Å². The minimum atomic E-state index is 0.0301. The predicted molar refractivity (Wildman–Crippen MR) is 81.8 cm³/mol. The first-order valence-electron chi connectivity index (χ1n) is 7.30. The van der Waals surface area contributed by atoms with Crippen LogP contribution in [0.5, 0.6) is 5.75 Å². The Bertz CT molecular complexity index is 486. The number of anilines is 2. The van der Waals surface area contributed by atoms with Crippen LogP contribution in [-0.2, 0) is 4.79 Å². The average molecular weight is 293 g/mol. The maximum absolute atomic E-state index is 11.1. The van der Waals surface area contributed by atoms with Gasteiger partial charge in [0, 0.05) is 32.6 Å². The van der Waals surface area contributed by atoms with E-state index in [0.29, 0.717) is 11.6 Å². The van der Waals surface area contributed by atoms with Crippen LogP contribution in [0.3, 0.4) is 0 Å². The molecule has 1 amide bonds. The number of nitrogens with zero attached hydrogens (tertiary/aromatic N) is 3. The summed E-state index contributed by atoms with van der Waals surface area (Å²) in [6.07, 6.45) is 3.36. The Morgan fingerprint density at radius 2 is 2.14 bits per heavy atom. The van der Waals surface area contributed by atoms with Gasteiger partial charge in [-0.2, -0.15) is 0 Å². The van der Waals surface area contributed by atoms with Crippen LogP contribution in [0.1, 0.15) is 26.7 Å². The third-order valence-corrected chi connectivity index (χ3v) is 3.54. The zero-order valence-corrected chi connectivity index (χ0v) is 12.8. The molecule has 2 rings (SSSR count). The average Bonchev–Trinajstić information content (AvgIpc) is 2.47. The second-order valence-corrected chi connectivity index (χ2v) is 5.07. The second-order valence-electron chi connectivity index (χ2n) is 5.07. The van der Waals surface area contributed by atoms with E-state index < -0.39 is 0 Å². The number of amides is 1. The second kappa shape index (κ2) is 7.10. The highest BCUT2D eigenvalue weighted by atomic mass is 16.5. The van der Waals surface area contributed by atoms with Crippen molar-refractivity contribution in [2.45, 2.75) is 32.7 Å². The monoisotopic (exact) mass is 293 g/mol. The Labute approximate surface area is 125 Å². The maximum Gasteiger partial charge on any atom is 0.217 e. The molecule has 0 saturated carbocycles. The number of methoxy groups -OCH3 is 1. The molecule has 1 saturated heterocycles. The van der Waals surface area contributed by atoms with E-state index in [-0.39, 0.29) is 11.9 Å². The highest BCUT2D eigenvalue weighted by molar-refractivity contribution is 5.73. The molecular weight excluding hydrogens is 270 g/mol. The lowest BCUT2D eigenvalue weighted by Gasteiger charge is -2.33. The molecule has 1 aliphatic heterocycles. The van der Waals surface area contributed by atoms with Gasteiger partial charge in [0.1, 0.15) is 6.33 Å². The minimum absolute atomic E-state index is 0.0301. The van der Waals surface area contributed by atoms with E-state index in [4.69, 9.17) is 4.74 Å². The molecule has 2 N–H and O–H groups in total. The molecule has 0 spiro atoms. The molecule has 1 fully saturated rings. The number of nitrogens with one attached hydrogen (secondary N) is 2. The largest absolute Gasteiger partial charge is 0.490 e. The molecule has 21 heavy (non-hydrogen) atoms. The third kappa shape index (κ3) is 3.74. The summed E-state index contributed by atoms with van der Waals surface area (Å²) >= 11 is 0. The van der Waals surface area contributed by atoms with E-state index >= 15 is 0 Å². The minimum Gasteiger partial charge on any atom is -0.490 e. The molecule has 116 valence electrons. The van der Waals surface area contributed by atoms with Gasteiger partial charge < -0.3 is 20.3 Å². The Morgan fingerprint density at radius 3 is 2.71 bits per heavy atom. The van der Waals surface area contributed by atoms with Crippen molar-refractivity contribution in [3.05, 3.63) is 6.33 Å². The molecule has 0 radical (unpaired) electrons. The van der Waals surface area contributed by atoms with Gasteiger partial charge in [-0.05, 0) is 19.8 Å². The molecule has 0 aromatic carbocycles. The summed E-state index contributed by atoms with van der Waals surface area (Å²) in [6.45, 7) is 6.02. The van der Waals surface area contributed by atoms with Crippen molar-refractivity contribution in [1.82, 2.24) is 15.3 Å². The highest BCUT2D eigenvalue weighted by Gasteiger charge is 2.24. The van der Waals surface area contributed by atoms with E-state index in [9.17, 15) is 4.79 Å². The van der Waals surface area contributed by atoms with Gasteiger partial charge in [0.05, 0.1) is 7.11 Å². The quantitative estimate of drug-likeness (QED) is 0.844. The lowest BCUT2D eigenvalue weighted by Crippen LogP contribution is -2.44. The van der Waals surface area contributed by atoms with Gasteiger partial charge in [-0.1, -0.05) is 0 Å². The van der Waals surface area contributed by atoms with Gasteiger partial charge in [-0.15, -0.1) is 0 Å². The van der Waals surface area contributed by atoms with Gasteiger partial charge in [0.25, 0.3) is 0 Å². The lowest BCUT2D eigenvalue weighted by molar-refractivity contribution is -0.119. The molecule has 1 aliphatic rings. The molecule has 0 aliphatic carbocycles.